The molecule has 7 heteroatoms. The summed E-state index contributed by atoms with van der Waals surface area (Å²) in [6.45, 7) is 0. The molecule has 2 aliphatic rings. The number of carboxylic acids is 1. The smallest absolute Gasteiger partial charge is 0.416 e. The van der Waals surface area contributed by atoms with Gasteiger partial charge in [0.25, 0.3) is 0 Å². The molecule has 1 aromatic heterocycles. The number of ketones is 1. The zero-order valence-electron chi connectivity index (χ0n) is 11.3. The number of H-pyrrole nitrogens is 1. The Morgan fingerprint density at radius 2 is 1.55 bits per heavy atom. The van der Waals surface area contributed by atoms with Crippen molar-refractivity contribution in [3.8, 4) is 0 Å². The van der Waals surface area contributed by atoms with Gasteiger partial charge < -0.3 is 10.1 Å². The minimum Gasteiger partial charge on any atom is -0.481 e. The molecule has 0 saturated carbocycles. The fourth-order valence-corrected chi connectivity index (χ4v) is 1.88. The first kappa shape index (κ1) is 15.8. The number of rotatable bonds is 3. The van der Waals surface area contributed by atoms with E-state index in [9.17, 15) is 22.8 Å². The van der Waals surface area contributed by atoms with Gasteiger partial charge in [0.2, 0.25) is 0 Å². The van der Waals surface area contributed by atoms with Crippen molar-refractivity contribution in [3.05, 3.63) is 58.9 Å². The van der Waals surface area contributed by atoms with Crippen LogP contribution in [-0.2, 0) is 17.4 Å². The molecule has 1 aliphatic heterocycles. The minimum atomic E-state index is -4.46. The second-order valence-electron chi connectivity index (χ2n) is 4.75. The lowest BCUT2D eigenvalue weighted by Gasteiger charge is -2.06. The monoisotopic (exact) mass is 311 g/mol. The van der Waals surface area contributed by atoms with Crippen LogP contribution in [0.2, 0.25) is 0 Å². The molecule has 0 spiro atoms. The van der Waals surface area contributed by atoms with Gasteiger partial charge in [-0.1, -0.05) is 12.1 Å². The van der Waals surface area contributed by atoms with Crippen molar-refractivity contribution in [2.24, 2.45) is 0 Å². The molecule has 22 heavy (non-hydrogen) atoms. The molecule has 116 valence electrons. The normalized spacial score (nSPS) is 12.0. The number of nitrogens with one attached hydrogen (secondary N) is 1. The molecule has 4 rings (SSSR count). The number of aromatic nitrogens is 1. The van der Waals surface area contributed by atoms with E-state index >= 15 is 0 Å². The molecule has 4 nitrogen and oxygen atoms in total. The van der Waals surface area contributed by atoms with Gasteiger partial charge in [-0.15, -0.1) is 0 Å². The number of alkyl halides is 3. The molecular formula is C15H12F3NO3. The van der Waals surface area contributed by atoms with Crippen LogP contribution in [0.5, 0.6) is 0 Å². The third kappa shape index (κ3) is 3.97. The highest BCUT2D eigenvalue weighted by atomic mass is 19.4. The Balaban J connectivity index is 0.000000238. The van der Waals surface area contributed by atoms with Crippen LogP contribution < -0.4 is 0 Å². The highest BCUT2D eigenvalue weighted by molar-refractivity contribution is 6.05. The van der Waals surface area contributed by atoms with Gasteiger partial charge in [-0.25, -0.2) is 0 Å². The lowest BCUT2D eigenvalue weighted by molar-refractivity contribution is -0.138. The lowest BCUT2D eigenvalue weighted by atomic mass is 10.1. The molecule has 0 fully saturated rings. The minimum absolute atomic E-state index is 0.0459. The SMILES string of the molecule is O=C(O)CC(=O)c1ccc(C(F)(F)F)cc1.c1cc2[nH]c1C2. The zero-order chi connectivity index (χ0) is 16.3. The molecule has 2 N–H and O–H groups in total. The van der Waals surface area contributed by atoms with Gasteiger partial charge in [0, 0.05) is 23.4 Å². The predicted molar refractivity (Wildman–Crippen MR) is 71.6 cm³/mol. The molecule has 1 aromatic carbocycles. The molecular weight excluding hydrogens is 299 g/mol. The summed E-state index contributed by atoms with van der Waals surface area (Å²) < 4.78 is 36.5. The molecule has 2 heterocycles. The Morgan fingerprint density at radius 1 is 1.05 bits per heavy atom. The summed E-state index contributed by atoms with van der Waals surface area (Å²) >= 11 is 0. The Hall–Kier alpha value is -2.57. The fourth-order valence-electron chi connectivity index (χ4n) is 1.88. The fraction of sp³-hybridized carbons (Fsp3) is 0.200. The van der Waals surface area contributed by atoms with Crippen LogP contribution in [-0.4, -0.2) is 21.8 Å². The van der Waals surface area contributed by atoms with Gasteiger partial charge in [-0.2, -0.15) is 13.2 Å². The van der Waals surface area contributed by atoms with E-state index < -0.39 is 29.9 Å². The third-order valence-electron chi connectivity index (χ3n) is 3.03. The van der Waals surface area contributed by atoms with Gasteiger partial charge in [0.1, 0.15) is 6.42 Å². The van der Waals surface area contributed by atoms with Crippen LogP contribution in [0.3, 0.4) is 0 Å². The molecule has 2 aromatic rings. The standard InChI is InChI=1S/C10H7F3O3.C5H5N/c11-10(12,13)7-3-1-6(2-4-7)8(14)5-9(15)16;1-2-5-3-4(1)6-5/h1-4H,5H2,(H,15,16);1-2,6H,3H2. The average molecular weight is 311 g/mol. The van der Waals surface area contributed by atoms with Crippen molar-refractivity contribution in [2.45, 2.75) is 19.0 Å². The van der Waals surface area contributed by atoms with Gasteiger partial charge in [0.15, 0.2) is 5.78 Å². The van der Waals surface area contributed by atoms with Crippen LogP contribution in [0.1, 0.15) is 33.7 Å². The molecule has 0 unspecified atom stereocenters. The maximum absolute atomic E-state index is 12.2. The van der Waals surface area contributed by atoms with Crippen LogP contribution in [0, 0.1) is 0 Å². The van der Waals surface area contributed by atoms with E-state index in [1.807, 2.05) is 0 Å². The first-order valence-electron chi connectivity index (χ1n) is 6.35. The highest BCUT2D eigenvalue weighted by Crippen LogP contribution is 2.29. The van der Waals surface area contributed by atoms with Crippen LogP contribution in [0.15, 0.2) is 36.4 Å². The Morgan fingerprint density at radius 3 is 1.86 bits per heavy atom. The number of carbonyl (C=O) groups excluding carboxylic acids is 1. The van der Waals surface area contributed by atoms with E-state index in [0.29, 0.717) is 0 Å². The highest BCUT2D eigenvalue weighted by Gasteiger charge is 2.30. The number of Topliss-reactive ketones (excluding diaryl/α,β-unsaturated/α-hetero) is 1. The number of aromatic amines is 1. The maximum atomic E-state index is 12.2. The number of hydrogen-bond donors (Lipinski definition) is 2. The number of carboxylic acid groups (broad SMARTS) is 1. The average Bonchev–Trinajstić information content (AvgIpc) is 3.02. The van der Waals surface area contributed by atoms with Crippen molar-refractivity contribution >= 4 is 11.8 Å². The number of fused-ring (bicyclic) bond motifs is 1. The summed E-state index contributed by atoms with van der Waals surface area (Å²) in [6.07, 6.45) is -4.00. The number of halogens is 3. The summed E-state index contributed by atoms with van der Waals surface area (Å²) in [5, 5.41) is 8.33. The molecule has 0 atom stereocenters. The third-order valence-corrected chi connectivity index (χ3v) is 3.03. The second-order valence-corrected chi connectivity index (χ2v) is 4.75. The van der Waals surface area contributed by atoms with Crippen LogP contribution in [0.25, 0.3) is 0 Å². The van der Waals surface area contributed by atoms with Gasteiger partial charge in [-0.05, 0) is 24.3 Å². The lowest BCUT2D eigenvalue weighted by Crippen LogP contribution is -2.08. The Bertz CT molecular complexity index is 663. The van der Waals surface area contributed by atoms with Crippen molar-refractivity contribution in [1.82, 2.24) is 4.98 Å². The first-order chi connectivity index (χ1) is 10.3. The van der Waals surface area contributed by atoms with Crippen molar-refractivity contribution in [1.29, 1.82) is 0 Å². The van der Waals surface area contributed by atoms with Crippen LogP contribution in [0.4, 0.5) is 13.2 Å². The van der Waals surface area contributed by atoms with E-state index in [0.717, 1.165) is 24.3 Å². The summed E-state index contributed by atoms with van der Waals surface area (Å²) in [6, 6.07) is 7.66. The topological polar surface area (TPSA) is 70.2 Å². The molecule has 0 amide bonds. The Kier molecular flexibility index (Phi) is 4.35. The molecule has 2 bridgehead atoms. The number of benzene rings is 1. The summed E-state index contributed by atoms with van der Waals surface area (Å²) in [4.78, 5) is 24.5. The molecule has 0 saturated heterocycles. The van der Waals surface area contributed by atoms with Gasteiger partial charge in [-0.3, -0.25) is 9.59 Å². The van der Waals surface area contributed by atoms with Crippen molar-refractivity contribution < 1.29 is 27.9 Å². The van der Waals surface area contributed by atoms with E-state index in [1.165, 1.54) is 17.8 Å². The predicted octanol–water partition coefficient (Wildman–Crippen LogP) is 3.28. The summed E-state index contributed by atoms with van der Waals surface area (Å²) in [7, 11) is 0. The second kappa shape index (κ2) is 6.05. The van der Waals surface area contributed by atoms with E-state index in [2.05, 4.69) is 17.1 Å². The van der Waals surface area contributed by atoms with Gasteiger partial charge >= 0.3 is 12.1 Å². The summed E-state index contributed by atoms with van der Waals surface area (Å²) in [5.74, 6) is -2.04. The maximum Gasteiger partial charge on any atom is 0.416 e. The summed E-state index contributed by atoms with van der Waals surface area (Å²) in [5.41, 5.74) is 1.84. The van der Waals surface area contributed by atoms with Gasteiger partial charge in [0.05, 0.1) is 5.56 Å². The Labute approximate surface area is 123 Å². The van der Waals surface area contributed by atoms with E-state index in [-0.39, 0.29) is 5.56 Å². The quantitative estimate of drug-likeness (QED) is 0.576. The first-order valence-corrected chi connectivity index (χ1v) is 6.35. The van der Waals surface area contributed by atoms with E-state index in [4.69, 9.17) is 5.11 Å². The van der Waals surface area contributed by atoms with Crippen LogP contribution >= 0.6 is 0 Å². The number of carbonyl (C=O) groups is 2. The number of hydrogen-bond acceptors (Lipinski definition) is 2. The van der Waals surface area contributed by atoms with E-state index in [1.54, 1.807) is 0 Å². The largest absolute Gasteiger partial charge is 0.481 e. The number of aliphatic carboxylic acids is 1. The molecule has 0 radical (unpaired) electrons. The van der Waals surface area contributed by atoms with Crippen molar-refractivity contribution in [2.75, 3.05) is 0 Å². The zero-order valence-corrected chi connectivity index (χ0v) is 11.3. The van der Waals surface area contributed by atoms with Crippen molar-refractivity contribution in [3.63, 3.8) is 0 Å². The molecule has 1 aliphatic carbocycles.